The molecule has 2 aromatic heterocycles. The molecule has 3 heteroatoms. The molecule has 0 unspecified atom stereocenters. The number of pyridine rings is 1. The molecule has 0 bridgehead atoms. The summed E-state index contributed by atoms with van der Waals surface area (Å²) >= 11 is 0. The van der Waals surface area contributed by atoms with Crippen molar-refractivity contribution in [2.75, 3.05) is 0 Å². The van der Waals surface area contributed by atoms with E-state index in [0.29, 0.717) is 0 Å². The maximum Gasteiger partial charge on any atom is 0.163 e. The molecule has 2 heterocycles. The van der Waals surface area contributed by atoms with Gasteiger partial charge in [0, 0.05) is 5.69 Å². The van der Waals surface area contributed by atoms with Crippen LogP contribution in [-0.2, 0) is 0 Å². The number of hydrogen-bond acceptors (Lipinski definition) is 2. The lowest BCUT2D eigenvalue weighted by Crippen LogP contribution is -1.94. The van der Waals surface area contributed by atoms with Gasteiger partial charge >= 0.3 is 0 Å². The Morgan fingerprint density at radius 3 is 2.71 bits per heavy atom. The van der Waals surface area contributed by atoms with Gasteiger partial charge in [0.05, 0.1) is 16.8 Å². The maximum atomic E-state index is 11.4. The second-order valence-corrected chi connectivity index (χ2v) is 3.48. The Balaban J connectivity index is 2.90. The van der Waals surface area contributed by atoms with Crippen molar-refractivity contribution in [2.24, 2.45) is 0 Å². The number of nitrogens with zero attached hydrogens (tertiary/aromatic N) is 2. The summed E-state index contributed by atoms with van der Waals surface area (Å²) in [5.74, 6) is 0.0723. The number of carbonyl (C=O) groups excluding carboxylic acids is 1. The zero-order valence-corrected chi connectivity index (χ0v) is 8.53. The normalized spacial score (nSPS) is 10.8. The van der Waals surface area contributed by atoms with E-state index in [4.69, 9.17) is 0 Å². The van der Waals surface area contributed by atoms with E-state index < -0.39 is 0 Å². The van der Waals surface area contributed by atoms with Gasteiger partial charge in [0.1, 0.15) is 0 Å². The van der Waals surface area contributed by atoms with Crippen molar-refractivity contribution < 1.29 is 4.79 Å². The minimum Gasteiger partial charge on any atom is -0.294 e. The molecule has 2 aromatic rings. The van der Waals surface area contributed by atoms with Crippen LogP contribution in [-0.4, -0.2) is 15.4 Å². The molecule has 14 heavy (non-hydrogen) atoms. The third-order valence-electron chi connectivity index (χ3n) is 2.37. The fourth-order valence-electron chi connectivity index (χ4n) is 1.75. The standard InChI is InChI=1S/C11H12N2O/c1-7-5-4-6-10-11(9(3)14)8(2)12-13(7)10/h4-6H,1-3H3. The van der Waals surface area contributed by atoms with E-state index in [-0.39, 0.29) is 5.78 Å². The Morgan fingerprint density at radius 1 is 1.36 bits per heavy atom. The topological polar surface area (TPSA) is 34.4 Å². The van der Waals surface area contributed by atoms with Crippen LogP contribution in [0.5, 0.6) is 0 Å². The lowest BCUT2D eigenvalue weighted by atomic mass is 10.1. The maximum absolute atomic E-state index is 11.4. The summed E-state index contributed by atoms with van der Waals surface area (Å²) in [6.45, 7) is 5.42. The molecule has 0 saturated carbocycles. The number of hydrogen-bond donors (Lipinski definition) is 0. The summed E-state index contributed by atoms with van der Waals surface area (Å²) in [7, 11) is 0. The summed E-state index contributed by atoms with van der Waals surface area (Å²) < 4.78 is 1.81. The Hall–Kier alpha value is -1.64. The minimum absolute atomic E-state index is 0.0723. The molecule has 3 nitrogen and oxygen atoms in total. The predicted molar refractivity (Wildman–Crippen MR) is 54.7 cm³/mol. The second kappa shape index (κ2) is 2.94. The van der Waals surface area contributed by atoms with Crippen LogP contribution in [0.1, 0.15) is 28.7 Å². The fourth-order valence-corrected chi connectivity index (χ4v) is 1.75. The molecule has 0 saturated heterocycles. The first-order valence-electron chi connectivity index (χ1n) is 4.57. The molecular weight excluding hydrogens is 176 g/mol. The van der Waals surface area contributed by atoms with Crippen molar-refractivity contribution in [1.29, 1.82) is 0 Å². The zero-order chi connectivity index (χ0) is 10.3. The quantitative estimate of drug-likeness (QED) is 0.642. The van der Waals surface area contributed by atoms with Crippen LogP contribution in [0.15, 0.2) is 18.2 Å². The van der Waals surface area contributed by atoms with E-state index in [1.807, 2.05) is 36.6 Å². The van der Waals surface area contributed by atoms with Crippen molar-refractivity contribution in [3.8, 4) is 0 Å². The minimum atomic E-state index is 0.0723. The van der Waals surface area contributed by atoms with Gasteiger partial charge in [-0.3, -0.25) is 4.79 Å². The highest BCUT2D eigenvalue weighted by Crippen LogP contribution is 2.16. The average Bonchev–Trinajstić information content (AvgIpc) is 2.42. The highest BCUT2D eigenvalue weighted by atomic mass is 16.1. The van der Waals surface area contributed by atoms with Gasteiger partial charge in [0.25, 0.3) is 0 Å². The van der Waals surface area contributed by atoms with Crippen LogP contribution in [0.3, 0.4) is 0 Å². The van der Waals surface area contributed by atoms with E-state index in [2.05, 4.69) is 5.10 Å². The van der Waals surface area contributed by atoms with E-state index in [0.717, 1.165) is 22.5 Å². The smallest absolute Gasteiger partial charge is 0.163 e. The summed E-state index contributed by atoms with van der Waals surface area (Å²) in [4.78, 5) is 11.4. The number of Topliss-reactive ketones (excluding diaryl/α,β-unsaturated/α-hetero) is 1. The third-order valence-corrected chi connectivity index (χ3v) is 2.37. The summed E-state index contributed by atoms with van der Waals surface area (Å²) in [6.07, 6.45) is 0. The SMILES string of the molecule is CC(=O)c1c(C)nn2c(C)cccc12. The van der Waals surface area contributed by atoms with Gasteiger partial charge in [0.2, 0.25) is 0 Å². The third kappa shape index (κ3) is 1.13. The number of fused-ring (bicyclic) bond motifs is 1. The predicted octanol–water partition coefficient (Wildman–Crippen LogP) is 2.15. The van der Waals surface area contributed by atoms with Gasteiger partial charge < -0.3 is 0 Å². The second-order valence-electron chi connectivity index (χ2n) is 3.48. The summed E-state index contributed by atoms with van der Waals surface area (Å²) in [5.41, 5.74) is 3.47. The van der Waals surface area contributed by atoms with E-state index in [1.54, 1.807) is 6.92 Å². The molecular formula is C11H12N2O. The highest BCUT2D eigenvalue weighted by Gasteiger charge is 2.13. The number of aryl methyl sites for hydroxylation is 2. The van der Waals surface area contributed by atoms with Gasteiger partial charge in [-0.15, -0.1) is 0 Å². The van der Waals surface area contributed by atoms with Crippen molar-refractivity contribution >= 4 is 11.3 Å². The molecule has 0 aliphatic heterocycles. The molecule has 2 rings (SSSR count). The van der Waals surface area contributed by atoms with E-state index in [9.17, 15) is 4.79 Å². The van der Waals surface area contributed by atoms with Crippen LogP contribution in [0, 0.1) is 13.8 Å². The summed E-state index contributed by atoms with van der Waals surface area (Å²) in [6, 6.07) is 5.84. The Bertz CT molecular complexity index is 511. The number of carbonyl (C=O) groups is 1. The van der Waals surface area contributed by atoms with Crippen molar-refractivity contribution in [2.45, 2.75) is 20.8 Å². The monoisotopic (exact) mass is 188 g/mol. The van der Waals surface area contributed by atoms with Crippen LogP contribution in [0.4, 0.5) is 0 Å². The zero-order valence-electron chi connectivity index (χ0n) is 8.53. The molecule has 0 radical (unpaired) electrons. The van der Waals surface area contributed by atoms with Gasteiger partial charge in [-0.2, -0.15) is 5.10 Å². The number of rotatable bonds is 1. The fraction of sp³-hybridized carbons (Fsp3) is 0.273. The van der Waals surface area contributed by atoms with Crippen LogP contribution < -0.4 is 0 Å². The van der Waals surface area contributed by atoms with Crippen molar-refractivity contribution in [3.05, 3.63) is 35.2 Å². The number of ketones is 1. The van der Waals surface area contributed by atoms with Crippen molar-refractivity contribution in [1.82, 2.24) is 9.61 Å². The lowest BCUT2D eigenvalue weighted by Gasteiger charge is -1.97. The van der Waals surface area contributed by atoms with Crippen LogP contribution >= 0.6 is 0 Å². The number of aromatic nitrogens is 2. The molecule has 0 aliphatic rings. The van der Waals surface area contributed by atoms with Gasteiger partial charge in [-0.05, 0) is 32.9 Å². The van der Waals surface area contributed by atoms with Gasteiger partial charge in [0.15, 0.2) is 5.78 Å². The first-order chi connectivity index (χ1) is 6.61. The van der Waals surface area contributed by atoms with E-state index in [1.165, 1.54) is 0 Å². The first-order valence-corrected chi connectivity index (χ1v) is 4.57. The van der Waals surface area contributed by atoms with Crippen LogP contribution in [0.25, 0.3) is 5.52 Å². The molecule has 0 aromatic carbocycles. The average molecular weight is 188 g/mol. The van der Waals surface area contributed by atoms with Crippen molar-refractivity contribution in [3.63, 3.8) is 0 Å². The largest absolute Gasteiger partial charge is 0.294 e. The molecule has 0 atom stereocenters. The molecule has 0 aliphatic carbocycles. The molecule has 0 fully saturated rings. The Labute approximate surface area is 82.4 Å². The summed E-state index contributed by atoms with van der Waals surface area (Å²) in [5, 5.41) is 4.33. The Morgan fingerprint density at radius 2 is 2.07 bits per heavy atom. The molecule has 0 N–H and O–H groups in total. The Kier molecular flexibility index (Phi) is 1.88. The lowest BCUT2D eigenvalue weighted by molar-refractivity contribution is 0.101. The molecule has 0 amide bonds. The highest BCUT2D eigenvalue weighted by molar-refractivity contribution is 6.01. The van der Waals surface area contributed by atoms with Crippen LogP contribution in [0.2, 0.25) is 0 Å². The van der Waals surface area contributed by atoms with Gasteiger partial charge in [-0.1, -0.05) is 6.07 Å². The molecule has 72 valence electrons. The molecule has 0 spiro atoms. The first kappa shape index (κ1) is 8.94. The van der Waals surface area contributed by atoms with Gasteiger partial charge in [-0.25, -0.2) is 4.52 Å². The van der Waals surface area contributed by atoms with E-state index >= 15 is 0 Å².